The number of aromatic nitrogens is 2. The van der Waals surface area contributed by atoms with E-state index in [1.165, 1.54) is 5.39 Å². The molecule has 0 aliphatic carbocycles. The van der Waals surface area contributed by atoms with Crippen LogP contribution in [0.1, 0.15) is 5.56 Å². The molecule has 5 aromatic carbocycles. The second kappa shape index (κ2) is 7.60. The lowest BCUT2D eigenvalue weighted by Gasteiger charge is -2.11. The second-order valence-corrected chi connectivity index (χ2v) is 8.85. The summed E-state index contributed by atoms with van der Waals surface area (Å²) in [5.41, 5.74) is 7.19. The number of nitriles is 1. The number of hydrogen-bond acceptors (Lipinski definition) is 1. The van der Waals surface area contributed by atoms with Crippen LogP contribution in [0, 0.1) is 17.9 Å². The molecule has 2 aromatic heterocycles. The number of rotatable bonds is 2. The quantitative estimate of drug-likeness (QED) is 0.240. The fourth-order valence-corrected chi connectivity index (χ4v) is 5.41. The average Bonchev–Trinajstić information content (AvgIpc) is 3.44. The lowest BCUT2D eigenvalue weighted by atomic mass is 10.1. The molecule has 0 saturated heterocycles. The summed E-state index contributed by atoms with van der Waals surface area (Å²) in [7, 11) is 0. The van der Waals surface area contributed by atoms with Gasteiger partial charge >= 0.3 is 0 Å². The summed E-state index contributed by atoms with van der Waals surface area (Å²) in [6.45, 7) is 7.53. The standard InChI is InChI=1S/C32H18N4/c1-34-22-16-15-21(20-33)30(17-22)36-29-14-8-6-12-25(29)27-18-31-26(19-32(27)36)24-11-5-7-13-28(24)35(31)23-9-3-2-4-10-23/h2-19H. The molecule has 7 rings (SSSR count). The van der Waals surface area contributed by atoms with E-state index < -0.39 is 0 Å². The van der Waals surface area contributed by atoms with Crippen molar-refractivity contribution in [2.24, 2.45) is 0 Å². The molecule has 0 amide bonds. The van der Waals surface area contributed by atoms with Gasteiger partial charge in [-0.2, -0.15) is 5.26 Å². The van der Waals surface area contributed by atoms with E-state index in [4.69, 9.17) is 6.57 Å². The maximum atomic E-state index is 9.92. The minimum atomic E-state index is 0.511. The lowest BCUT2D eigenvalue weighted by Crippen LogP contribution is -1.97. The highest BCUT2D eigenvalue weighted by Crippen LogP contribution is 2.40. The van der Waals surface area contributed by atoms with Crippen molar-refractivity contribution >= 4 is 49.3 Å². The van der Waals surface area contributed by atoms with Gasteiger partial charge in [-0.1, -0.05) is 66.7 Å². The van der Waals surface area contributed by atoms with Gasteiger partial charge in [0.05, 0.1) is 39.9 Å². The molecule has 0 bridgehead atoms. The first kappa shape index (κ1) is 20.1. The summed E-state index contributed by atoms with van der Waals surface area (Å²) < 4.78 is 4.45. The molecule has 0 atom stereocenters. The first-order valence-corrected chi connectivity index (χ1v) is 11.7. The zero-order valence-electron chi connectivity index (χ0n) is 19.2. The molecule has 0 saturated carbocycles. The predicted molar refractivity (Wildman–Crippen MR) is 146 cm³/mol. The molecule has 4 nitrogen and oxygen atoms in total. The summed E-state index contributed by atoms with van der Waals surface area (Å²) >= 11 is 0. The van der Waals surface area contributed by atoms with E-state index in [-0.39, 0.29) is 0 Å². The van der Waals surface area contributed by atoms with Gasteiger partial charge < -0.3 is 9.13 Å². The smallest absolute Gasteiger partial charge is 0.189 e. The Balaban J connectivity index is 1.70. The largest absolute Gasteiger partial charge is 0.309 e. The fraction of sp³-hybridized carbons (Fsp3) is 0. The Morgan fingerprint density at radius 1 is 0.583 bits per heavy atom. The SMILES string of the molecule is [C-]#[N+]c1ccc(C#N)c(-n2c3ccccc3c3cc4c(cc32)c2ccccc2n4-c2ccccc2)c1. The molecule has 0 fully saturated rings. The van der Waals surface area contributed by atoms with Crippen molar-refractivity contribution < 1.29 is 0 Å². The molecule has 0 spiro atoms. The zero-order valence-corrected chi connectivity index (χ0v) is 19.2. The van der Waals surface area contributed by atoms with Gasteiger partial charge in [0.1, 0.15) is 6.07 Å². The monoisotopic (exact) mass is 458 g/mol. The Hall–Kier alpha value is -5.32. The van der Waals surface area contributed by atoms with Crippen LogP contribution in [0.3, 0.4) is 0 Å². The second-order valence-electron chi connectivity index (χ2n) is 8.85. The molecule has 36 heavy (non-hydrogen) atoms. The van der Waals surface area contributed by atoms with Crippen LogP contribution >= 0.6 is 0 Å². The summed E-state index contributed by atoms with van der Waals surface area (Å²) in [4.78, 5) is 3.63. The van der Waals surface area contributed by atoms with E-state index in [9.17, 15) is 5.26 Å². The summed E-state index contributed by atoms with van der Waals surface area (Å²) in [6, 6.07) is 39.2. The number of hydrogen-bond donors (Lipinski definition) is 0. The van der Waals surface area contributed by atoms with Gasteiger partial charge in [-0.15, -0.1) is 0 Å². The molecule has 4 heteroatoms. The van der Waals surface area contributed by atoms with Gasteiger partial charge in [-0.05, 0) is 42.5 Å². The Bertz CT molecular complexity index is 2060. The topological polar surface area (TPSA) is 38.0 Å². The van der Waals surface area contributed by atoms with Gasteiger partial charge in [0, 0.05) is 27.2 Å². The highest BCUT2D eigenvalue weighted by Gasteiger charge is 2.19. The van der Waals surface area contributed by atoms with E-state index in [2.05, 4.69) is 92.8 Å². The van der Waals surface area contributed by atoms with Gasteiger partial charge in [-0.25, -0.2) is 4.85 Å². The van der Waals surface area contributed by atoms with Crippen LogP contribution < -0.4 is 0 Å². The lowest BCUT2D eigenvalue weighted by molar-refractivity contribution is 1.17. The first-order chi connectivity index (χ1) is 17.8. The maximum Gasteiger partial charge on any atom is 0.189 e. The molecule has 0 radical (unpaired) electrons. The number of benzene rings is 5. The Morgan fingerprint density at radius 2 is 1.17 bits per heavy atom. The maximum absolute atomic E-state index is 9.92. The molecule has 2 heterocycles. The number of nitrogens with zero attached hydrogens (tertiary/aromatic N) is 4. The van der Waals surface area contributed by atoms with Crippen LogP contribution in [-0.4, -0.2) is 9.13 Å². The molecule has 0 aliphatic rings. The van der Waals surface area contributed by atoms with Crippen LogP contribution in [-0.2, 0) is 0 Å². The van der Waals surface area contributed by atoms with Crippen molar-refractivity contribution in [1.29, 1.82) is 5.26 Å². The van der Waals surface area contributed by atoms with Crippen LogP contribution in [0.15, 0.2) is 109 Å². The zero-order chi connectivity index (χ0) is 24.2. The minimum absolute atomic E-state index is 0.511. The third-order valence-electron chi connectivity index (χ3n) is 6.95. The van der Waals surface area contributed by atoms with Crippen LogP contribution in [0.4, 0.5) is 5.69 Å². The predicted octanol–water partition coefficient (Wildman–Crippen LogP) is 8.30. The summed E-state index contributed by atoms with van der Waals surface area (Å²) in [5.74, 6) is 0. The highest BCUT2D eigenvalue weighted by molar-refractivity contribution is 6.19. The van der Waals surface area contributed by atoms with Crippen LogP contribution in [0.2, 0.25) is 0 Å². The highest BCUT2D eigenvalue weighted by atomic mass is 15.0. The van der Waals surface area contributed by atoms with Crippen molar-refractivity contribution in [2.45, 2.75) is 0 Å². The van der Waals surface area contributed by atoms with Crippen molar-refractivity contribution in [3.8, 4) is 17.4 Å². The third-order valence-corrected chi connectivity index (χ3v) is 6.95. The molecular weight excluding hydrogens is 440 g/mol. The van der Waals surface area contributed by atoms with Crippen molar-refractivity contribution in [3.05, 3.63) is 126 Å². The third kappa shape index (κ3) is 2.73. The van der Waals surface area contributed by atoms with Gasteiger partial charge in [0.15, 0.2) is 5.69 Å². The molecule has 0 unspecified atom stereocenters. The normalized spacial score (nSPS) is 11.3. The number of para-hydroxylation sites is 3. The van der Waals surface area contributed by atoms with Crippen molar-refractivity contribution in [1.82, 2.24) is 9.13 Å². The molecule has 7 aromatic rings. The van der Waals surface area contributed by atoms with E-state index in [0.29, 0.717) is 11.3 Å². The average molecular weight is 459 g/mol. The Kier molecular flexibility index (Phi) is 4.24. The molecule has 166 valence electrons. The Labute approximate surface area is 207 Å². The number of fused-ring (bicyclic) bond motifs is 6. The van der Waals surface area contributed by atoms with Gasteiger partial charge in [0.2, 0.25) is 0 Å². The van der Waals surface area contributed by atoms with Crippen molar-refractivity contribution in [3.63, 3.8) is 0 Å². The first-order valence-electron chi connectivity index (χ1n) is 11.7. The molecular formula is C32H18N4. The van der Waals surface area contributed by atoms with Gasteiger partial charge in [0.25, 0.3) is 0 Å². The molecule has 0 aliphatic heterocycles. The van der Waals surface area contributed by atoms with E-state index >= 15 is 0 Å². The summed E-state index contributed by atoms with van der Waals surface area (Å²) in [6.07, 6.45) is 0. The van der Waals surface area contributed by atoms with Crippen LogP contribution in [0.25, 0.3) is 59.8 Å². The van der Waals surface area contributed by atoms with E-state index in [0.717, 1.165) is 49.6 Å². The van der Waals surface area contributed by atoms with Crippen molar-refractivity contribution in [2.75, 3.05) is 0 Å². The summed E-state index contributed by atoms with van der Waals surface area (Å²) in [5, 5.41) is 14.5. The fourth-order valence-electron chi connectivity index (χ4n) is 5.41. The van der Waals surface area contributed by atoms with E-state index in [1.54, 1.807) is 12.1 Å². The minimum Gasteiger partial charge on any atom is -0.309 e. The molecule has 0 N–H and O–H groups in total. The van der Waals surface area contributed by atoms with Gasteiger partial charge in [-0.3, -0.25) is 0 Å². The Morgan fingerprint density at radius 3 is 1.81 bits per heavy atom. The van der Waals surface area contributed by atoms with E-state index in [1.807, 2.05) is 24.3 Å². The van der Waals surface area contributed by atoms with Crippen LogP contribution in [0.5, 0.6) is 0 Å².